The summed E-state index contributed by atoms with van der Waals surface area (Å²) in [5.41, 5.74) is 1.85. The molecule has 5 heterocycles. The lowest BCUT2D eigenvalue weighted by molar-refractivity contribution is 0.0217. The Hall–Kier alpha value is -3.34. The number of nitrogens with zero attached hydrogens (tertiary/aromatic N) is 6. The Morgan fingerprint density at radius 3 is 2.83 bits per heavy atom. The van der Waals surface area contributed by atoms with Crippen molar-refractivity contribution in [1.82, 2.24) is 24.6 Å². The molecule has 7 rings (SSSR count). The maximum absolute atomic E-state index is 14.5. The zero-order chi connectivity index (χ0) is 24.6. The number of hydrogen-bond acceptors (Lipinski definition) is 7. The molecule has 1 spiro atoms. The lowest BCUT2D eigenvalue weighted by Crippen LogP contribution is -2.62. The second kappa shape index (κ2) is 7.83. The van der Waals surface area contributed by atoms with Crippen LogP contribution in [0, 0.1) is 41.6 Å². The molecule has 2 saturated heterocycles. The van der Waals surface area contributed by atoms with Crippen molar-refractivity contribution in [2.75, 3.05) is 34.8 Å². The van der Waals surface area contributed by atoms with Crippen LogP contribution in [0.15, 0.2) is 42.9 Å². The average molecular weight is 510 g/mol. The number of pyridine rings is 1. The van der Waals surface area contributed by atoms with Gasteiger partial charge in [0.2, 0.25) is 5.95 Å². The van der Waals surface area contributed by atoms with Gasteiger partial charge in [-0.2, -0.15) is 16.7 Å². The first-order valence-electron chi connectivity index (χ1n) is 11.8. The fraction of sp³-hybridized carbons (Fsp3) is 0.360. The SMILES string of the molecule is Cc1cc(N2C[C@H]3C(Nc4nc5c(-c6ccc(F)c(F)c6F)cccn5n4)[C@@H]4CSCC43C2)ncn1. The molecule has 3 aromatic heterocycles. The number of hydrogen-bond donors (Lipinski definition) is 1. The number of aryl methyl sites for hydroxylation is 1. The van der Waals surface area contributed by atoms with E-state index in [4.69, 9.17) is 0 Å². The van der Waals surface area contributed by atoms with Crippen molar-refractivity contribution in [1.29, 1.82) is 0 Å². The van der Waals surface area contributed by atoms with Crippen molar-refractivity contribution >= 4 is 29.2 Å². The number of nitrogens with one attached hydrogen (secondary N) is 1. The number of benzene rings is 1. The van der Waals surface area contributed by atoms with Crippen LogP contribution >= 0.6 is 11.8 Å². The third kappa shape index (κ3) is 3.07. The summed E-state index contributed by atoms with van der Waals surface area (Å²) in [6, 6.07) is 7.69. The van der Waals surface area contributed by atoms with Crippen molar-refractivity contribution in [3.8, 4) is 11.1 Å². The van der Waals surface area contributed by atoms with E-state index in [1.807, 2.05) is 24.8 Å². The van der Waals surface area contributed by atoms with Gasteiger partial charge in [-0.05, 0) is 42.9 Å². The Bertz CT molecular complexity index is 1510. The molecule has 3 fully saturated rings. The lowest BCUT2D eigenvalue weighted by atomic mass is 9.53. The Labute approximate surface area is 209 Å². The largest absolute Gasteiger partial charge is 0.356 e. The van der Waals surface area contributed by atoms with E-state index in [-0.39, 0.29) is 17.0 Å². The molecular weight excluding hydrogens is 487 g/mol. The summed E-state index contributed by atoms with van der Waals surface area (Å²) in [5.74, 6) is 0.542. The minimum Gasteiger partial charge on any atom is -0.356 e. The van der Waals surface area contributed by atoms with Crippen molar-refractivity contribution < 1.29 is 13.2 Å². The molecule has 184 valence electrons. The van der Waals surface area contributed by atoms with Gasteiger partial charge in [0.05, 0.1) is 0 Å². The summed E-state index contributed by atoms with van der Waals surface area (Å²) < 4.78 is 43.5. The lowest BCUT2D eigenvalue weighted by Gasteiger charge is -2.53. The van der Waals surface area contributed by atoms with Crippen molar-refractivity contribution in [3.63, 3.8) is 0 Å². The van der Waals surface area contributed by atoms with Crippen LogP contribution < -0.4 is 10.2 Å². The van der Waals surface area contributed by atoms with E-state index in [1.165, 1.54) is 10.6 Å². The van der Waals surface area contributed by atoms with Gasteiger partial charge in [-0.1, -0.05) is 0 Å². The second-order valence-electron chi connectivity index (χ2n) is 9.88. The maximum atomic E-state index is 14.5. The van der Waals surface area contributed by atoms with Crippen LogP contribution in [0.2, 0.25) is 0 Å². The van der Waals surface area contributed by atoms with Crippen LogP contribution in [0.5, 0.6) is 0 Å². The summed E-state index contributed by atoms with van der Waals surface area (Å²) in [5, 5.41) is 8.13. The van der Waals surface area contributed by atoms with Crippen LogP contribution in [-0.4, -0.2) is 55.2 Å². The van der Waals surface area contributed by atoms with E-state index < -0.39 is 17.5 Å². The van der Waals surface area contributed by atoms with Crippen LogP contribution in [0.4, 0.5) is 24.9 Å². The number of halogens is 3. The van der Waals surface area contributed by atoms with Gasteiger partial charge in [0.1, 0.15) is 12.1 Å². The van der Waals surface area contributed by atoms with Gasteiger partial charge in [-0.15, -0.1) is 5.10 Å². The molecule has 1 aliphatic carbocycles. The highest BCUT2D eigenvalue weighted by Gasteiger charge is 2.68. The van der Waals surface area contributed by atoms with Crippen LogP contribution in [0.25, 0.3) is 16.8 Å². The summed E-state index contributed by atoms with van der Waals surface area (Å²) in [4.78, 5) is 15.7. The third-order valence-corrected chi connectivity index (χ3v) is 9.35. The van der Waals surface area contributed by atoms with Crippen molar-refractivity contribution in [2.24, 2.45) is 17.3 Å². The summed E-state index contributed by atoms with van der Waals surface area (Å²) in [6.45, 7) is 3.84. The van der Waals surface area contributed by atoms with E-state index in [0.29, 0.717) is 29.0 Å². The zero-order valence-electron chi connectivity index (χ0n) is 19.3. The van der Waals surface area contributed by atoms with Crippen LogP contribution in [0.3, 0.4) is 0 Å². The van der Waals surface area contributed by atoms with Crippen molar-refractivity contribution in [3.05, 3.63) is 66.0 Å². The Balaban J connectivity index is 1.19. The normalized spacial score (nSPS) is 26.7. The fourth-order valence-corrected chi connectivity index (χ4v) is 8.10. The minimum absolute atomic E-state index is 0.0557. The smallest absolute Gasteiger partial charge is 0.243 e. The van der Waals surface area contributed by atoms with Crippen LogP contribution in [-0.2, 0) is 0 Å². The maximum Gasteiger partial charge on any atom is 0.243 e. The molecule has 0 bridgehead atoms. The molecule has 0 radical (unpaired) electrons. The highest BCUT2D eigenvalue weighted by molar-refractivity contribution is 7.99. The monoisotopic (exact) mass is 509 g/mol. The summed E-state index contributed by atoms with van der Waals surface area (Å²) >= 11 is 1.99. The molecule has 7 nitrogen and oxygen atoms in total. The summed E-state index contributed by atoms with van der Waals surface area (Å²) in [6.07, 6.45) is 3.33. The first kappa shape index (κ1) is 21.9. The average Bonchev–Trinajstić information content (AvgIpc) is 3.55. The molecule has 2 unspecified atom stereocenters. The van der Waals surface area contributed by atoms with Gasteiger partial charge >= 0.3 is 0 Å². The third-order valence-electron chi connectivity index (χ3n) is 8.01. The van der Waals surface area contributed by atoms with Gasteiger partial charge < -0.3 is 10.2 Å². The summed E-state index contributed by atoms with van der Waals surface area (Å²) in [7, 11) is 0. The highest BCUT2D eigenvalue weighted by atomic mass is 32.2. The number of fused-ring (bicyclic) bond motifs is 1. The molecule has 36 heavy (non-hydrogen) atoms. The number of anilines is 2. The molecular formula is C25H22F3N7S. The van der Waals surface area contributed by atoms with E-state index in [1.54, 1.807) is 24.7 Å². The minimum atomic E-state index is -1.50. The van der Waals surface area contributed by atoms with Gasteiger partial charge in [0, 0.05) is 65.3 Å². The first-order chi connectivity index (χ1) is 17.4. The fourth-order valence-electron chi connectivity index (χ4n) is 6.29. The highest BCUT2D eigenvalue weighted by Crippen LogP contribution is 2.63. The van der Waals surface area contributed by atoms with Gasteiger partial charge in [-0.25, -0.2) is 27.7 Å². The van der Waals surface area contributed by atoms with E-state index in [0.717, 1.165) is 42.2 Å². The Morgan fingerprint density at radius 2 is 1.97 bits per heavy atom. The molecule has 3 aliphatic rings. The molecule has 4 aromatic rings. The molecule has 11 heteroatoms. The van der Waals surface area contributed by atoms with Crippen molar-refractivity contribution in [2.45, 2.75) is 13.0 Å². The molecule has 1 N–H and O–H groups in total. The molecule has 1 saturated carbocycles. The van der Waals surface area contributed by atoms with Gasteiger partial charge in [-0.3, -0.25) is 0 Å². The Morgan fingerprint density at radius 1 is 1.08 bits per heavy atom. The first-order valence-corrected chi connectivity index (χ1v) is 13.0. The van der Waals surface area contributed by atoms with Crippen LogP contribution in [0.1, 0.15) is 5.69 Å². The van der Waals surface area contributed by atoms with E-state index in [2.05, 4.69) is 30.3 Å². The number of aromatic nitrogens is 5. The number of thioether (sulfide) groups is 1. The molecule has 4 atom stereocenters. The Kier molecular flexibility index (Phi) is 4.76. The van der Waals surface area contributed by atoms with E-state index >= 15 is 0 Å². The second-order valence-corrected chi connectivity index (χ2v) is 10.9. The molecule has 0 amide bonds. The van der Waals surface area contributed by atoms with Gasteiger partial charge in [0.25, 0.3) is 0 Å². The standard InChI is InChI=1S/C25H22F3N7S/c1-13-7-19(30-12-29-13)34-8-16-22(17-9-36-11-25(16,17)10-34)31-24-32-23-15(3-2-6-35(23)33-24)14-4-5-18(26)21(28)20(14)27/h2-7,12,16-17,22H,8-11H2,1H3,(H,31,33)/t16-,17-,22?,25?/m0/s1. The molecule has 1 aromatic carbocycles. The topological polar surface area (TPSA) is 71.2 Å². The predicted molar refractivity (Wildman–Crippen MR) is 131 cm³/mol. The molecule has 2 aliphatic heterocycles. The quantitative estimate of drug-likeness (QED) is 0.414. The van der Waals surface area contributed by atoms with E-state index in [9.17, 15) is 13.2 Å². The van der Waals surface area contributed by atoms with Gasteiger partial charge in [0.15, 0.2) is 23.1 Å². The predicted octanol–water partition coefficient (Wildman–Crippen LogP) is 4.19. The zero-order valence-corrected chi connectivity index (χ0v) is 20.1. The number of rotatable bonds is 4.